The SMILES string of the molecule is COC(=O)c1ccc(CNC(=O)C2CCN(C(=O)Nc3ccccc3)CC2)cc1. The molecule has 0 aliphatic carbocycles. The quantitative estimate of drug-likeness (QED) is 0.762. The Morgan fingerprint density at radius 2 is 1.66 bits per heavy atom. The van der Waals surface area contributed by atoms with E-state index in [1.54, 1.807) is 29.2 Å². The van der Waals surface area contributed by atoms with Crippen molar-refractivity contribution in [2.24, 2.45) is 5.92 Å². The molecule has 29 heavy (non-hydrogen) atoms. The number of amides is 3. The summed E-state index contributed by atoms with van der Waals surface area (Å²) in [6, 6.07) is 16.1. The van der Waals surface area contributed by atoms with Crippen molar-refractivity contribution in [3.05, 3.63) is 65.7 Å². The van der Waals surface area contributed by atoms with Crippen molar-refractivity contribution >= 4 is 23.6 Å². The maximum Gasteiger partial charge on any atom is 0.337 e. The Morgan fingerprint density at radius 1 is 1.00 bits per heavy atom. The molecule has 0 unspecified atom stereocenters. The molecule has 1 aliphatic heterocycles. The first-order chi connectivity index (χ1) is 14.1. The van der Waals surface area contributed by atoms with Crippen molar-refractivity contribution < 1.29 is 19.1 Å². The van der Waals surface area contributed by atoms with Crippen molar-refractivity contribution in [3.63, 3.8) is 0 Å². The molecule has 1 fully saturated rings. The fourth-order valence-electron chi connectivity index (χ4n) is 3.28. The van der Waals surface area contributed by atoms with Crippen molar-refractivity contribution in [2.45, 2.75) is 19.4 Å². The van der Waals surface area contributed by atoms with Gasteiger partial charge in [0.2, 0.25) is 5.91 Å². The number of piperidine rings is 1. The average Bonchev–Trinajstić information content (AvgIpc) is 2.78. The van der Waals surface area contributed by atoms with Gasteiger partial charge in [-0.1, -0.05) is 30.3 Å². The van der Waals surface area contributed by atoms with E-state index in [0.717, 1.165) is 11.3 Å². The van der Waals surface area contributed by atoms with Crippen LogP contribution in [-0.2, 0) is 16.1 Å². The van der Waals surface area contributed by atoms with E-state index < -0.39 is 0 Å². The minimum absolute atomic E-state index is 0.00911. The lowest BCUT2D eigenvalue weighted by Crippen LogP contribution is -2.44. The molecule has 0 spiro atoms. The number of hydrogen-bond acceptors (Lipinski definition) is 4. The molecule has 1 aliphatic rings. The molecule has 3 rings (SSSR count). The van der Waals surface area contributed by atoms with Crippen LogP contribution in [0.25, 0.3) is 0 Å². The van der Waals surface area contributed by atoms with E-state index >= 15 is 0 Å². The van der Waals surface area contributed by atoms with Crippen LogP contribution in [0.4, 0.5) is 10.5 Å². The fraction of sp³-hybridized carbons (Fsp3) is 0.318. The molecule has 1 saturated heterocycles. The summed E-state index contributed by atoms with van der Waals surface area (Å²) in [6.45, 7) is 1.49. The van der Waals surface area contributed by atoms with Gasteiger partial charge in [-0.05, 0) is 42.7 Å². The number of carbonyl (C=O) groups is 3. The van der Waals surface area contributed by atoms with Gasteiger partial charge in [-0.15, -0.1) is 0 Å². The van der Waals surface area contributed by atoms with E-state index in [0.29, 0.717) is 38.0 Å². The summed E-state index contributed by atoms with van der Waals surface area (Å²) < 4.78 is 4.67. The lowest BCUT2D eigenvalue weighted by atomic mass is 9.96. The number of nitrogens with one attached hydrogen (secondary N) is 2. The number of hydrogen-bond donors (Lipinski definition) is 2. The fourth-order valence-corrected chi connectivity index (χ4v) is 3.28. The Balaban J connectivity index is 1.43. The number of benzene rings is 2. The van der Waals surface area contributed by atoms with Crippen molar-refractivity contribution in [2.75, 3.05) is 25.5 Å². The van der Waals surface area contributed by atoms with Crippen LogP contribution in [0.5, 0.6) is 0 Å². The molecule has 0 atom stereocenters. The molecule has 7 nitrogen and oxygen atoms in total. The van der Waals surface area contributed by atoms with Crippen LogP contribution in [0.3, 0.4) is 0 Å². The molecule has 2 aromatic carbocycles. The predicted octanol–water partition coefficient (Wildman–Crippen LogP) is 3.03. The third-order valence-corrected chi connectivity index (χ3v) is 5.02. The van der Waals surface area contributed by atoms with Gasteiger partial charge in [0.1, 0.15) is 0 Å². The summed E-state index contributed by atoms with van der Waals surface area (Å²) in [5, 5.41) is 5.81. The molecule has 2 aromatic rings. The number of rotatable bonds is 5. The van der Waals surface area contributed by atoms with E-state index in [-0.39, 0.29) is 23.8 Å². The van der Waals surface area contributed by atoms with E-state index in [9.17, 15) is 14.4 Å². The van der Waals surface area contributed by atoms with Gasteiger partial charge in [0.25, 0.3) is 0 Å². The van der Waals surface area contributed by atoms with Gasteiger partial charge < -0.3 is 20.3 Å². The van der Waals surface area contributed by atoms with Gasteiger partial charge >= 0.3 is 12.0 Å². The van der Waals surface area contributed by atoms with Crippen LogP contribution < -0.4 is 10.6 Å². The lowest BCUT2D eigenvalue weighted by molar-refractivity contribution is -0.126. The Bertz CT molecular complexity index is 844. The Morgan fingerprint density at radius 3 is 2.28 bits per heavy atom. The molecule has 3 amide bonds. The van der Waals surface area contributed by atoms with Crippen molar-refractivity contribution in [1.82, 2.24) is 10.2 Å². The minimum Gasteiger partial charge on any atom is -0.465 e. The summed E-state index contributed by atoms with van der Waals surface area (Å²) >= 11 is 0. The number of methoxy groups -OCH3 is 1. The number of urea groups is 1. The highest BCUT2D eigenvalue weighted by atomic mass is 16.5. The molecule has 0 saturated carbocycles. The Hall–Kier alpha value is -3.35. The molecular formula is C22H25N3O4. The number of carbonyl (C=O) groups excluding carboxylic acids is 3. The van der Waals surface area contributed by atoms with E-state index in [1.165, 1.54) is 7.11 Å². The molecule has 1 heterocycles. The Kier molecular flexibility index (Phi) is 6.84. The van der Waals surface area contributed by atoms with Gasteiger partial charge in [-0.2, -0.15) is 0 Å². The van der Waals surface area contributed by atoms with Crippen LogP contribution in [0.1, 0.15) is 28.8 Å². The average molecular weight is 395 g/mol. The number of nitrogens with zero attached hydrogens (tertiary/aromatic N) is 1. The highest BCUT2D eigenvalue weighted by molar-refractivity contribution is 5.90. The molecular weight excluding hydrogens is 370 g/mol. The third kappa shape index (κ3) is 5.57. The van der Waals surface area contributed by atoms with Crippen LogP contribution in [-0.4, -0.2) is 43.0 Å². The standard InChI is InChI=1S/C22H25N3O4/c1-29-21(27)18-9-7-16(8-10-18)15-23-20(26)17-11-13-25(14-12-17)22(28)24-19-5-3-2-4-6-19/h2-10,17H,11-15H2,1H3,(H,23,26)(H,24,28). The van der Waals surface area contributed by atoms with Gasteiger partial charge in [0, 0.05) is 31.2 Å². The molecule has 0 radical (unpaired) electrons. The zero-order chi connectivity index (χ0) is 20.6. The van der Waals surface area contributed by atoms with E-state index in [2.05, 4.69) is 15.4 Å². The molecule has 7 heteroatoms. The molecule has 0 bridgehead atoms. The summed E-state index contributed by atoms with van der Waals surface area (Å²) in [7, 11) is 1.34. The highest BCUT2D eigenvalue weighted by Crippen LogP contribution is 2.19. The normalized spacial score (nSPS) is 14.2. The van der Waals surface area contributed by atoms with Gasteiger partial charge in [-0.25, -0.2) is 9.59 Å². The zero-order valence-electron chi connectivity index (χ0n) is 16.4. The monoisotopic (exact) mass is 395 g/mol. The molecule has 0 aromatic heterocycles. The molecule has 2 N–H and O–H groups in total. The van der Waals surface area contributed by atoms with E-state index in [1.807, 2.05) is 30.3 Å². The second-order valence-electron chi connectivity index (χ2n) is 6.96. The maximum absolute atomic E-state index is 12.5. The summed E-state index contributed by atoms with van der Waals surface area (Å²) in [4.78, 5) is 38.0. The van der Waals surface area contributed by atoms with E-state index in [4.69, 9.17) is 0 Å². The minimum atomic E-state index is -0.386. The van der Waals surface area contributed by atoms with Crippen LogP contribution in [0.15, 0.2) is 54.6 Å². The predicted molar refractivity (Wildman–Crippen MR) is 109 cm³/mol. The first-order valence-electron chi connectivity index (χ1n) is 9.63. The largest absolute Gasteiger partial charge is 0.465 e. The summed E-state index contributed by atoms with van der Waals surface area (Å²) in [6.07, 6.45) is 1.27. The van der Waals surface area contributed by atoms with Gasteiger partial charge in [0.05, 0.1) is 12.7 Å². The van der Waals surface area contributed by atoms with Crippen molar-refractivity contribution in [1.29, 1.82) is 0 Å². The Labute approximate surface area is 170 Å². The number of esters is 1. The maximum atomic E-state index is 12.5. The topological polar surface area (TPSA) is 87.7 Å². The van der Waals surface area contributed by atoms with Crippen molar-refractivity contribution in [3.8, 4) is 0 Å². The smallest absolute Gasteiger partial charge is 0.337 e. The first-order valence-corrected chi connectivity index (χ1v) is 9.63. The van der Waals surface area contributed by atoms with Gasteiger partial charge in [0.15, 0.2) is 0 Å². The summed E-state index contributed by atoms with van der Waals surface area (Å²) in [5.74, 6) is -0.501. The number of anilines is 1. The number of para-hydroxylation sites is 1. The lowest BCUT2D eigenvalue weighted by Gasteiger charge is -2.31. The first kappa shape index (κ1) is 20.4. The number of likely N-dealkylation sites (tertiary alicyclic amines) is 1. The van der Waals surface area contributed by atoms with Gasteiger partial charge in [-0.3, -0.25) is 4.79 Å². The van der Waals surface area contributed by atoms with Crippen LogP contribution >= 0.6 is 0 Å². The number of ether oxygens (including phenoxy) is 1. The highest BCUT2D eigenvalue weighted by Gasteiger charge is 2.27. The molecule has 152 valence electrons. The van der Waals surface area contributed by atoms with Crippen LogP contribution in [0, 0.1) is 5.92 Å². The second kappa shape index (κ2) is 9.73. The van der Waals surface area contributed by atoms with Crippen LogP contribution in [0.2, 0.25) is 0 Å². The second-order valence-corrected chi connectivity index (χ2v) is 6.96. The zero-order valence-corrected chi connectivity index (χ0v) is 16.4. The third-order valence-electron chi connectivity index (χ3n) is 5.02. The summed E-state index contributed by atoms with van der Waals surface area (Å²) in [5.41, 5.74) is 2.14.